The van der Waals surface area contributed by atoms with Crippen molar-refractivity contribution in [1.82, 2.24) is 24.9 Å². The molecule has 16 nitrogen and oxygen atoms in total. The molecule has 282 valence electrons. The summed E-state index contributed by atoms with van der Waals surface area (Å²) in [7, 11) is -3.93. The Labute approximate surface area is 310 Å². The zero-order chi connectivity index (χ0) is 37.6. The van der Waals surface area contributed by atoms with E-state index in [9.17, 15) is 32.7 Å². The Morgan fingerprint density at radius 1 is 0.944 bits per heavy atom. The Bertz CT molecular complexity index is 2220. The Morgan fingerprint density at radius 2 is 1.72 bits per heavy atom. The van der Waals surface area contributed by atoms with E-state index < -0.39 is 63.2 Å². The number of benzene rings is 2. The van der Waals surface area contributed by atoms with E-state index in [0.717, 1.165) is 11.3 Å². The molecule has 5 aliphatic rings. The van der Waals surface area contributed by atoms with Crippen molar-refractivity contribution in [3.8, 4) is 28.6 Å². The number of aliphatic imine (C=N–C) groups is 1. The first-order valence-electron chi connectivity index (χ1n) is 18.0. The highest BCUT2D eigenvalue weighted by Crippen LogP contribution is 2.41. The second kappa shape index (κ2) is 14.3. The van der Waals surface area contributed by atoms with Crippen molar-refractivity contribution >= 4 is 51.0 Å². The summed E-state index contributed by atoms with van der Waals surface area (Å²) in [5, 5.41) is 11.2. The number of carbonyl (C=O) groups is 4. The molecular weight excluding hydrogens is 721 g/mol. The van der Waals surface area contributed by atoms with Crippen LogP contribution in [0.2, 0.25) is 0 Å². The van der Waals surface area contributed by atoms with Crippen molar-refractivity contribution in [2.45, 2.75) is 87.8 Å². The number of Topliss-reactive ketones (excluding diaryl/α,β-unsaturated/α-hetero) is 1. The third kappa shape index (κ3) is 7.44. The van der Waals surface area contributed by atoms with Crippen molar-refractivity contribution in [2.75, 3.05) is 6.79 Å². The monoisotopic (exact) mass is 758 g/mol. The summed E-state index contributed by atoms with van der Waals surface area (Å²) in [6.07, 6.45) is 2.07. The first-order chi connectivity index (χ1) is 26.0. The van der Waals surface area contributed by atoms with E-state index in [0.29, 0.717) is 72.3 Å². The molecule has 1 aromatic heterocycles. The number of rotatable bonds is 7. The number of nitrogens with zero attached hydrogens (tertiary/aromatic N) is 4. The van der Waals surface area contributed by atoms with Crippen LogP contribution in [0.4, 0.5) is 4.79 Å². The standard InChI is InChI=1S/C37H38N6O10S/c44-29-12-14-33(53-36-34(39-24-6-3-4-7-25(24)40-36)21-9-13-30-31(16-21)52-19-51-30)43-28(23(17-32(43)45)35(46)42-54(49,50)22-10-11-22)18-38-27-15-20(27)5-1-2-8-26(29)41-37(47)48/h3-4,6-7,9,13,16,18,22-23,26,28,33,41H,1-2,5,8,10-12,14-15,17,19H2,(H,42,46)(H,47,48)/t23-,26-,28-,33+/m0/s1. The van der Waals surface area contributed by atoms with E-state index in [1.807, 2.05) is 6.07 Å². The maximum Gasteiger partial charge on any atom is 0.405 e. The van der Waals surface area contributed by atoms with Gasteiger partial charge < -0.3 is 24.6 Å². The number of aromatic nitrogens is 2. The molecule has 2 aromatic carbocycles. The van der Waals surface area contributed by atoms with Crippen LogP contribution in [0.3, 0.4) is 0 Å². The largest absolute Gasteiger partial charge is 0.465 e. The average molecular weight is 759 g/mol. The zero-order valence-corrected chi connectivity index (χ0v) is 29.9. The number of para-hydroxylation sites is 2. The van der Waals surface area contributed by atoms with Crippen LogP contribution < -0.4 is 24.2 Å². The molecule has 54 heavy (non-hydrogen) atoms. The third-order valence-corrected chi connectivity index (χ3v) is 12.1. The van der Waals surface area contributed by atoms with Crippen molar-refractivity contribution in [1.29, 1.82) is 0 Å². The van der Waals surface area contributed by atoms with Gasteiger partial charge in [0.15, 0.2) is 23.5 Å². The van der Waals surface area contributed by atoms with Crippen molar-refractivity contribution in [2.24, 2.45) is 10.9 Å². The minimum absolute atomic E-state index is 0.0167. The fourth-order valence-electron chi connectivity index (χ4n) is 7.19. The predicted octanol–water partition coefficient (Wildman–Crippen LogP) is 3.84. The Balaban J connectivity index is 1.20. The number of ether oxygens (including phenoxy) is 3. The quantitative estimate of drug-likeness (QED) is 0.313. The molecule has 2 aliphatic carbocycles. The van der Waals surface area contributed by atoms with Crippen LogP contribution in [0.5, 0.6) is 17.4 Å². The zero-order valence-electron chi connectivity index (χ0n) is 29.1. The summed E-state index contributed by atoms with van der Waals surface area (Å²) < 4.78 is 45.7. The number of carboxylic acid groups (broad SMARTS) is 1. The highest BCUT2D eigenvalue weighted by atomic mass is 32.2. The van der Waals surface area contributed by atoms with Crippen molar-refractivity contribution in [3.63, 3.8) is 0 Å². The molecule has 3 amide bonds. The number of nitrogens with one attached hydrogen (secondary N) is 2. The maximum absolute atomic E-state index is 14.1. The lowest BCUT2D eigenvalue weighted by Crippen LogP contribution is -2.50. The fourth-order valence-corrected chi connectivity index (χ4v) is 8.55. The molecule has 0 radical (unpaired) electrons. The van der Waals surface area contributed by atoms with Gasteiger partial charge in [0.1, 0.15) is 5.69 Å². The number of carbonyl (C=O) groups excluding carboxylic acids is 3. The number of allylic oxidation sites excluding steroid dienone is 2. The summed E-state index contributed by atoms with van der Waals surface area (Å²) in [6.45, 7) is 0.0501. The van der Waals surface area contributed by atoms with Crippen molar-refractivity contribution < 1.29 is 46.9 Å². The van der Waals surface area contributed by atoms with Crippen LogP contribution in [-0.4, -0.2) is 88.7 Å². The molecule has 0 bridgehead atoms. The van der Waals surface area contributed by atoms with Gasteiger partial charge in [0, 0.05) is 43.2 Å². The lowest BCUT2D eigenvalue weighted by Gasteiger charge is -2.33. The molecule has 3 aliphatic heterocycles. The minimum Gasteiger partial charge on any atom is -0.465 e. The third-order valence-electron chi connectivity index (χ3n) is 10.3. The topological polar surface area (TPSA) is 216 Å². The summed E-state index contributed by atoms with van der Waals surface area (Å²) in [5.74, 6) is -1.85. The molecule has 0 spiro atoms. The van der Waals surface area contributed by atoms with Gasteiger partial charge in [-0.3, -0.25) is 29.0 Å². The first kappa shape index (κ1) is 35.4. The molecule has 8 rings (SSSR count). The highest BCUT2D eigenvalue weighted by molar-refractivity contribution is 7.90. The number of hydrogen-bond acceptors (Lipinski definition) is 12. The van der Waals surface area contributed by atoms with Gasteiger partial charge in [-0.2, -0.15) is 0 Å². The van der Waals surface area contributed by atoms with Gasteiger partial charge in [-0.05, 0) is 68.0 Å². The summed E-state index contributed by atoms with van der Waals surface area (Å²) in [5.41, 5.74) is 3.78. The normalized spacial score (nSPS) is 24.3. The molecule has 3 N–H and O–H groups in total. The number of ketones is 1. The Hall–Kier alpha value is -5.58. The highest BCUT2D eigenvalue weighted by Gasteiger charge is 2.49. The first-order valence-corrected chi connectivity index (χ1v) is 19.6. The van der Waals surface area contributed by atoms with Gasteiger partial charge in [0.05, 0.1) is 34.3 Å². The smallest absolute Gasteiger partial charge is 0.405 e. The van der Waals surface area contributed by atoms with Gasteiger partial charge in [0.2, 0.25) is 34.5 Å². The van der Waals surface area contributed by atoms with E-state index >= 15 is 0 Å². The molecule has 4 atom stereocenters. The van der Waals surface area contributed by atoms with Crippen LogP contribution in [0.1, 0.15) is 64.2 Å². The van der Waals surface area contributed by atoms with Crippen LogP contribution in [0, 0.1) is 5.92 Å². The van der Waals surface area contributed by atoms with Gasteiger partial charge in [-0.25, -0.2) is 23.2 Å². The molecule has 1 saturated carbocycles. The van der Waals surface area contributed by atoms with Gasteiger partial charge >= 0.3 is 6.09 Å². The van der Waals surface area contributed by atoms with Crippen molar-refractivity contribution in [3.05, 3.63) is 53.7 Å². The van der Waals surface area contributed by atoms with E-state index in [4.69, 9.17) is 24.2 Å². The lowest BCUT2D eigenvalue weighted by atomic mass is 9.99. The van der Waals surface area contributed by atoms with E-state index in [2.05, 4.69) is 15.0 Å². The summed E-state index contributed by atoms with van der Waals surface area (Å²) >= 11 is 0. The van der Waals surface area contributed by atoms with E-state index in [1.165, 1.54) is 11.1 Å². The summed E-state index contributed by atoms with van der Waals surface area (Å²) in [4.78, 5) is 68.9. The second-order valence-electron chi connectivity index (χ2n) is 14.1. The maximum atomic E-state index is 14.1. The predicted molar refractivity (Wildman–Crippen MR) is 192 cm³/mol. The van der Waals surface area contributed by atoms with Crippen LogP contribution in [0.15, 0.2) is 58.7 Å². The van der Waals surface area contributed by atoms with Gasteiger partial charge in [-0.1, -0.05) is 18.6 Å². The second-order valence-corrected chi connectivity index (χ2v) is 16.0. The average Bonchev–Trinajstić information content (AvgIpc) is 4.06. The minimum atomic E-state index is -3.93. The number of hydrogen-bond donors (Lipinski definition) is 3. The number of amides is 3. The van der Waals surface area contributed by atoms with Gasteiger partial charge in [0.25, 0.3) is 0 Å². The fraction of sp³-hybridized carbons (Fsp3) is 0.432. The van der Waals surface area contributed by atoms with E-state index in [-0.39, 0.29) is 38.4 Å². The SMILES string of the molecule is O=C(O)N[C@H]1CCCCC2=C(C2)N=C[C@H]2[C@@H](C(=O)NS(=O)(=O)C3CC3)CC(=O)N2[C@H](Oc2nc3ccccc3nc2-c2ccc3c(c2)OCO3)CCC1=O. The summed E-state index contributed by atoms with van der Waals surface area (Å²) in [6, 6.07) is 10.3. The Kier molecular flexibility index (Phi) is 9.41. The molecule has 4 heterocycles. The molecular formula is C37H38N6O10S. The number of fused-ring (bicyclic) bond motifs is 3. The molecule has 1 saturated heterocycles. The van der Waals surface area contributed by atoms with E-state index in [1.54, 1.807) is 36.4 Å². The number of sulfonamides is 1. The lowest BCUT2D eigenvalue weighted by molar-refractivity contribution is -0.137. The van der Waals surface area contributed by atoms with Crippen LogP contribution in [-0.2, 0) is 24.4 Å². The molecule has 2 fully saturated rings. The van der Waals surface area contributed by atoms with Crippen LogP contribution >= 0.6 is 0 Å². The Morgan fingerprint density at radius 3 is 2.50 bits per heavy atom. The molecule has 17 heteroatoms. The van der Waals surface area contributed by atoms with Crippen LogP contribution in [0.25, 0.3) is 22.3 Å². The molecule has 3 aromatic rings. The van der Waals surface area contributed by atoms with Gasteiger partial charge in [-0.15, -0.1) is 0 Å². The molecule has 0 unspecified atom stereocenters.